The van der Waals surface area contributed by atoms with E-state index < -0.39 is 0 Å². The van der Waals surface area contributed by atoms with Gasteiger partial charge in [-0.2, -0.15) is 0 Å². The Balaban J connectivity index is 1.17. The largest absolute Gasteiger partial charge is 0.492 e. The zero-order valence-corrected chi connectivity index (χ0v) is 25.9. The van der Waals surface area contributed by atoms with E-state index in [1.807, 2.05) is 18.2 Å². The van der Waals surface area contributed by atoms with Crippen molar-refractivity contribution in [1.29, 1.82) is 0 Å². The van der Waals surface area contributed by atoms with Crippen molar-refractivity contribution in [3.05, 3.63) is 99.7 Å². The number of fused-ring (bicyclic) bond motifs is 1. The van der Waals surface area contributed by atoms with Crippen molar-refractivity contribution < 1.29 is 23.5 Å². The van der Waals surface area contributed by atoms with Crippen LogP contribution < -0.4 is 14.4 Å². The van der Waals surface area contributed by atoms with Crippen LogP contribution in [0, 0.1) is 27.7 Å². The summed E-state index contributed by atoms with van der Waals surface area (Å²) in [6.45, 7) is 14.9. The third-order valence-electron chi connectivity index (χ3n) is 8.63. The fourth-order valence-electron chi connectivity index (χ4n) is 6.12. The number of rotatable bonds is 9. The third kappa shape index (κ3) is 5.57. The van der Waals surface area contributed by atoms with E-state index in [4.69, 9.17) is 13.9 Å². The van der Waals surface area contributed by atoms with E-state index in [0.29, 0.717) is 24.7 Å². The number of anilines is 1. The number of hydrogen-bond acceptors (Lipinski definition) is 7. The lowest BCUT2D eigenvalue weighted by Gasteiger charge is -2.25. The Hall–Kier alpha value is -4.01. The molecular weight excluding hydrogens is 560 g/mol. The molecule has 0 spiro atoms. The van der Waals surface area contributed by atoms with Crippen molar-refractivity contribution in [2.24, 2.45) is 0 Å². The molecular formula is C35H36N2O5S. The predicted molar refractivity (Wildman–Crippen MR) is 171 cm³/mol. The van der Waals surface area contributed by atoms with Crippen LogP contribution >= 0.6 is 11.8 Å². The minimum absolute atomic E-state index is 0.240. The van der Waals surface area contributed by atoms with Gasteiger partial charge in [-0.1, -0.05) is 36.9 Å². The Bertz CT molecular complexity index is 1710. The van der Waals surface area contributed by atoms with E-state index in [0.717, 1.165) is 87.3 Å². The summed E-state index contributed by atoms with van der Waals surface area (Å²) in [5, 5.41) is 0.820. The highest BCUT2D eigenvalue weighted by Gasteiger charge is 2.35. The first-order valence-corrected chi connectivity index (χ1v) is 15.4. The van der Waals surface area contributed by atoms with E-state index in [9.17, 15) is 9.59 Å². The van der Waals surface area contributed by atoms with Crippen LogP contribution in [0.4, 0.5) is 10.5 Å². The van der Waals surface area contributed by atoms with E-state index in [-0.39, 0.29) is 22.1 Å². The predicted octanol–water partition coefficient (Wildman–Crippen LogP) is 8.00. The molecule has 0 saturated carbocycles. The maximum absolute atomic E-state index is 12.3. The molecule has 8 heteroatoms. The molecule has 3 heterocycles. The Labute approximate surface area is 256 Å². The van der Waals surface area contributed by atoms with Crippen molar-refractivity contribution in [2.45, 2.75) is 59.7 Å². The van der Waals surface area contributed by atoms with Crippen LogP contribution in [0.25, 0.3) is 11.0 Å². The van der Waals surface area contributed by atoms with Gasteiger partial charge in [-0.25, -0.2) is 4.90 Å². The molecule has 0 radical (unpaired) electrons. The van der Waals surface area contributed by atoms with Gasteiger partial charge in [-0.15, -0.1) is 0 Å². The van der Waals surface area contributed by atoms with Gasteiger partial charge in [0.25, 0.3) is 11.1 Å². The lowest BCUT2D eigenvalue weighted by molar-refractivity contribution is -0.113. The van der Waals surface area contributed by atoms with E-state index in [1.165, 1.54) is 5.56 Å². The zero-order valence-electron chi connectivity index (χ0n) is 25.1. The Morgan fingerprint density at radius 3 is 2.40 bits per heavy atom. The molecule has 2 fully saturated rings. The maximum Gasteiger partial charge on any atom is 0.298 e. The van der Waals surface area contributed by atoms with Gasteiger partial charge in [0.1, 0.15) is 36.1 Å². The summed E-state index contributed by atoms with van der Waals surface area (Å²) in [6, 6.07) is 17.6. The number of carbonyl (C=O) groups excluding carboxylic acids is 2. The van der Waals surface area contributed by atoms with Crippen LogP contribution in [0.5, 0.6) is 11.5 Å². The van der Waals surface area contributed by atoms with Gasteiger partial charge in [0.05, 0.1) is 10.6 Å². The van der Waals surface area contributed by atoms with Crippen LogP contribution in [-0.2, 0) is 17.9 Å². The molecule has 3 aromatic carbocycles. The summed E-state index contributed by atoms with van der Waals surface area (Å²) in [7, 11) is 0. The standard InChI is InChI=1S/C35H36N2O5S/c1-21-22(2)33-31(23(3)32(21)41-19-26-10-7-6-8-11-26)30(24(4)42-33)18-36-17-9-12-28(36)20-40-29-15-13-27(14-16-29)37-34(38)25(5)43-35(37)39/h6-8,10-11,13-16,28H,5,9,12,17-20H2,1-4H3/t28-/m0/s1. The normalized spacial score (nSPS) is 17.4. The second-order valence-corrected chi connectivity index (χ2v) is 12.4. The second kappa shape index (κ2) is 11.9. The van der Waals surface area contributed by atoms with Gasteiger partial charge in [-0.3, -0.25) is 14.5 Å². The van der Waals surface area contributed by atoms with E-state index in [1.54, 1.807) is 24.3 Å². The fourth-order valence-corrected chi connectivity index (χ4v) is 6.78. The number of likely N-dealkylation sites (tertiary alicyclic amines) is 1. The number of ether oxygens (including phenoxy) is 2. The van der Waals surface area contributed by atoms with Gasteiger partial charge in [0, 0.05) is 29.1 Å². The Morgan fingerprint density at radius 2 is 1.70 bits per heavy atom. The number of hydrogen-bond donors (Lipinski definition) is 0. The van der Waals surface area contributed by atoms with Gasteiger partial charge in [0.2, 0.25) is 0 Å². The Morgan fingerprint density at radius 1 is 0.953 bits per heavy atom. The second-order valence-electron chi connectivity index (χ2n) is 11.3. The lowest BCUT2D eigenvalue weighted by atomic mass is 9.97. The molecule has 222 valence electrons. The molecule has 4 aromatic rings. The molecule has 1 aromatic heterocycles. The minimum atomic E-state index is -0.372. The molecule has 2 amide bonds. The summed E-state index contributed by atoms with van der Waals surface area (Å²) in [5.41, 5.74) is 7.15. The Kier molecular flexibility index (Phi) is 8.07. The average Bonchev–Trinajstić information content (AvgIpc) is 3.67. The third-order valence-corrected chi connectivity index (χ3v) is 9.40. The van der Waals surface area contributed by atoms with Crippen LogP contribution in [0.1, 0.15) is 46.4 Å². The van der Waals surface area contributed by atoms with Gasteiger partial charge in [-0.05, 0) is 99.8 Å². The maximum atomic E-state index is 12.3. The number of imide groups is 1. The summed E-state index contributed by atoms with van der Waals surface area (Å²) in [4.78, 5) is 28.3. The molecule has 2 aliphatic rings. The quantitative estimate of drug-likeness (QED) is 0.181. The van der Waals surface area contributed by atoms with Crippen molar-refractivity contribution in [1.82, 2.24) is 4.90 Å². The van der Waals surface area contributed by atoms with Crippen molar-refractivity contribution in [2.75, 3.05) is 18.1 Å². The van der Waals surface area contributed by atoms with Crippen molar-refractivity contribution in [3.63, 3.8) is 0 Å². The number of nitrogens with zero attached hydrogens (tertiary/aromatic N) is 2. The summed E-state index contributed by atoms with van der Waals surface area (Å²) < 4.78 is 19.0. The lowest BCUT2D eigenvalue weighted by Crippen LogP contribution is -2.33. The molecule has 6 rings (SSSR count). The molecule has 0 unspecified atom stereocenters. The first-order chi connectivity index (χ1) is 20.7. The van der Waals surface area contributed by atoms with E-state index >= 15 is 0 Å². The SMILES string of the molecule is C=C1SC(=O)N(c2ccc(OC[C@@H]3CCCN3Cc3c(C)oc4c(C)c(C)c(OCc5ccccc5)c(C)c34)cc2)C1=O. The monoisotopic (exact) mass is 596 g/mol. The number of furan rings is 1. The van der Waals surface area contributed by atoms with Crippen LogP contribution in [0.2, 0.25) is 0 Å². The van der Waals surface area contributed by atoms with Crippen LogP contribution in [-0.4, -0.2) is 35.2 Å². The van der Waals surface area contributed by atoms with Gasteiger partial charge < -0.3 is 13.9 Å². The van der Waals surface area contributed by atoms with Gasteiger partial charge in [0.15, 0.2) is 0 Å². The van der Waals surface area contributed by atoms with Crippen molar-refractivity contribution >= 4 is 39.6 Å². The number of carbonyl (C=O) groups is 2. The number of benzene rings is 3. The molecule has 0 aliphatic carbocycles. The molecule has 0 N–H and O–H groups in total. The van der Waals surface area contributed by atoms with Crippen LogP contribution in [0.15, 0.2) is 70.5 Å². The first-order valence-electron chi connectivity index (χ1n) is 14.6. The molecule has 2 saturated heterocycles. The van der Waals surface area contributed by atoms with Crippen molar-refractivity contribution in [3.8, 4) is 11.5 Å². The molecule has 2 aliphatic heterocycles. The van der Waals surface area contributed by atoms with Crippen LogP contribution in [0.3, 0.4) is 0 Å². The summed E-state index contributed by atoms with van der Waals surface area (Å²) in [5.74, 6) is 2.20. The minimum Gasteiger partial charge on any atom is -0.492 e. The van der Waals surface area contributed by atoms with E-state index in [2.05, 4.69) is 51.3 Å². The molecule has 7 nitrogen and oxygen atoms in total. The summed E-state index contributed by atoms with van der Waals surface area (Å²) in [6.07, 6.45) is 2.15. The molecule has 43 heavy (non-hydrogen) atoms. The first kappa shape index (κ1) is 29.1. The molecule has 0 bridgehead atoms. The highest BCUT2D eigenvalue weighted by atomic mass is 32.2. The highest BCUT2D eigenvalue weighted by Crippen LogP contribution is 2.41. The molecule has 1 atom stereocenters. The average molecular weight is 597 g/mol. The topological polar surface area (TPSA) is 72.2 Å². The smallest absolute Gasteiger partial charge is 0.298 e. The fraction of sp³-hybridized carbons (Fsp3) is 0.314. The zero-order chi connectivity index (χ0) is 30.2. The highest BCUT2D eigenvalue weighted by molar-refractivity contribution is 8.18. The van der Waals surface area contributed by atoms with Gasteiger partial charge >= 0.3 is 0 Å². The number of thioether (sulfide) groups is 1. The summed E-state index contributed by atoms with van der Waals surface area (Å²) >= 11 is 0.863. The number of aryl methyl sites for hydroxylation is 3. The number of amides is 2.